The molecule has 29 heavy (non-hydrogen) atoms. The van der Waals surface area contributed by atoms with Crippen molar-refractivity contribution < 1.29 is 14.5 Å². The number of nitrogens with zero attached hydrogens (tertiary/aromatic N) is 1. The minimum Gasteiger partial charge on any atom is -0.497 e. The first-order chi connectivity index (χ1) is 14.0. The molecule has 1 aliphatic rings. The van der Waals surface area contributed by atoms with Gasteiger partial charge < -0.3 is 15.4 Å². The molecule has 1 fully saturated rings. The summed E-state index contributed by atoms with van der Waals surface area (Å²) in [6.07, 6.45) is 1.93. The van der Waals surface area contributed by atoms with E-state index in [2.05, 4.69) is 10.6 Å². The number of rotatable bonds is 7. The summed E-state index contributed by atoms with van der Waals surface area (Å²) in [5, 5.41) is 19.6. The minimum absolute atomic E-state index is 0.112. The van der Waals surface area contributed by atoms with Gasteiger partial charge in [-0.05, 0) is 59.5 Å². The summed E-state index contributed by atoms with van der Waals surface area (Å²) in [5.41, 5.74) is 1.56. The van der Waals surface area contributed by atoms with Crippen LogP contribution in [-0.2, 0) is 6.54 Å². The van der Waals surface area contributed by atoms with Gasteiger partial charge in [0, 0.05) is 24.2 Å². The van der Waals surface area contributed by atoms with E-state index >= 15 is 0 Å². The number of ether oxygens (including phenoxy) is 1. The van der Waals surface area contributed by atoms with E-state index < -0.39 is 4.92 Å². The van der Waals surface area contributed by atoms with Crippen LogP contribution in [-0.4, -0.2) is 24.0 Å². The SMILES string of the molecule is COc1ccc2cc(CNc3ccc(C(=O)NC4CC4)cc3[N+](=O)[O-])ccc2c1. The second-order valence-corrected chi connectivity index (χ2v) is 7.14. The molecule has 0 heterocycles. The molecule has 0 atom stereocenters. The monoisotopic (exact) mass is 391 g/mol. The van der Waals surface area contributed by atoms with E-state index in [0.29, 0.717) is 17.8 Å². The molecule has 2 N–H and O–H groups in total. The van der Waals surface area contributed by atoms with Gasteiger partial charge in [-0.3, -0.25) is 14.9 Å². The highest BCUT2D eigenvalue weighted by atomic mass is 16.6. The molecule has 3 aromatic carbocycles. The first-order valence-electron chi connectivity index (χ1n) is 9.43. The van der Waals surface area contributed by atoms with Gasteiger partial charge >= 0.3 is 0 Å². The fourth-order valence-corrected chi connectivity index (χ4v) is 3.18. The van der Waals surface area contributed by atoms with Crippen molar-refractivity contribution in [2.24, 2.45) is 0 Å². The van der Waals surface area contributed by atoms with Gasteiger partial charge in [0.2, 0.25) is 0 Å². The van der Waals surface area contributed by atoms with E-state index in [-0.39, 0.29) is 17.6 Å². The van der Waals surface area contributed by atoms with Crippen LogP contribution in [0.15, 0.2) is 54.6 Å². The molecule has 1 saturated carbocycles. The van der Waals surface area contributed by atoms with Crippen molar-refractivity contribution in [3.05, 3.63) is 75.8 Å². The maximum Gasteiger partial charge on any atom is 0.293 e. The molecule has 3 aromatic rings. The smallest absolute Gasteiger partial charge is 0.293 e. The molecule has 0 unspecified atom stereocenters. The van der Waals surface area contributed by atoms with Gasteiger partial charge in [0.05, 0.1) is 12.0 Å². The molecule has 0 spiro atoms. The number of carbonyl (C=O) groups excluding carboxylic acids is 1. The molecule has 1 amide bonds. The lowest BCUT2D eigenvalue weighted by Gasteiger charge is -2.10. The summed E-state index contributed by atoms with van der Waals surface area (Å²) in [7, 11) is 1.63. The molecular formula is C22H21N3O4. The van der Waals surface area contributed by atoms with Crippen LogP contribution in [0.25, 0.3) is 10.8 Å². The number of anilines is 1. The lowest BCUT2D eigenvalue weighted by molar-refractivity contribution is -0.384. The Morgan fingerprint density at radius 2 is 1.86 bits per heavy atom. The van der Waals surface area contributed by atoms with Crippen molar-refractivity contribution in [3.8, 4) is 5.75 Å². The number of amides is 1. The molecule has 148 valence electrons. The number of hydrogen-bond donors (Lipinski definition) is 2. The van der Waals surface area contributed by atoms with E-state index in [9.17, 15) is 14.9 Å². The average molecular weight is 391 g/mol. The van der Waals surface area contributed by atoms with E-state index in [4.69, 9.17) is 4.74 Å². The number of nitro groups is 1. The van der Waals surface area contributed by atoms with Crippen molar-refractivity contribution in [3.63, 3.8) is 0 Å². The summed E-state index contributed by atoms with van der Waals surface area (Å²) in [6.45, 7) is 0.427. The van der Waals surface area contributed by atoms with E-state index in [1.54, 1.807) is 19.2 Å². The number of fused-ring (bicyclic) bond motifs is 1. The Hall–Kier alpha value is -3.61. The summed E-state index contributed by atoms with van der Waals surface area (Å²) in [6, 6.07) is 16.6. The van der Waals surface area contributed by atoms with E-state index in [1.807, 2.05) is 36.4 Å². The molecule has 1 aliphatic carbocycles. The number of nitro benzene ring substituents is 1. The highest BCUT2D eigenvalue weighted by molar-refractivity contribution is 5.96. The Labute approximate surface area is 167 Å². The van der Waals surface area contributed by atoms with Gasteiger partial charge in [-0.25, -0.2) is 0 Å². The average Bonchev–Trinajstić information content (AvgIpc) is 3.55. The molecule has 7 heteroatoms. The number of benzene rings is 3. The zero-order chi connectivity index (χ0) is 20.4. The maximum absolute atomic E-state index is 12.2. The maximum atomic E-state index is 12.2. The van der Waals surface area contributed by atoms with Crippen LogP contribution in [0.1, 0.15) is 28.8 Å². The third-order valence-electron chi connectivity index (χ3n) is 4.96. The standard InChI is InChI=1S/C22H21N3O4/c1-29-19-8-4-15-10-14(2-3-16(15)11-19)13-23-20-9-5-17(12-21(20)25(27)28)22(26)24-18-6-7-18/h2-5,8-12,18,23H,6-7,13H2,1H3,(H,24,26). The van der Waals surface area contributed by atoms with Crippen LogP contribution < -0.4 is 15.4 Å². The molecule has 0 bridgehead atoms. The van der Waals surface area contributed by atoms with Crippen LogP contribution in [0.5, 0.6) is 5.75 Å². The molecule has 0 aromatic heterocycles. The van der Waals surface area contributed by atoms with Gasteiger partial charge in [-0.1, -0.05) is 18.2 Å². The first kappa shape index (κ1) is 18.7. The minimum atomic E-state index is -0.469. The second-order valence-electron chi connectivity index (χ2n) is 7.14. The van der Waals surface area contributed by atoms with Crippen LogP contribution in [0, 0.1) is 10.1 Å². The van der Waals surface area contributed by atoms with Crippen LogP contribution in [0.3, 0.4) is 0 Å². The van der Waals surface area contributed by atoms with Crippen LogP contribution in [0.4, 0.5) is 11.4 Å². The number of hydrogen-bond acceptors (Lipinski definition) is 5. The quantitative estimate of drug-likeness (QED) is 0.464. The zero-order valence-corrected chi connectivity index (χ0v) is 16.0. The molecule has 4 rings (SSSR count). The van der Waals surface area contributed by atoms with Crippen molar-refractivity contribution >= 4 is 28.1 Å². The largest absolute Gasteiger partial charge is 0.497 e. The van der Waals surface area contributed by atoms with Crippen molar-refractivity contribution in [1.82, 2.24) is 5.32 Å². The summed E-state index contributed by atoms with van der Waals surface area (Å²) < 4.78 is 5.24. The Morgan fingerprint density at radius 1 is 1.10 bits per heavy atom. The van der Waals surface area contributed by atoms with E-state index in [0.717, 1.165) is 34.9 Å². The lowest BCUT2D eigenvalue weighted by Crippen LogP contribution is -2.25. The lowest BCUT2D eigenvalue weighted by atomic mass is 10.1. The van der Waals surface area contributed by atoms with Crippen LogP contribution >= 0.6 is 0 Å². The number of methoxy groups -OCH3 is 1. The molecule has 0 aliphatic heterocycles. The Morgan fingerprint density at radius 3 is 2.59 bits per heavy atom. The Bertz CT molecular complexity index is 1090. The van der Waals surface area contributed by atoms with E-state index in [1.165, 1.54) is 6.07 Å². The first-order valence-corrected chi connectivity index (χ1v) is 9.43. The Kier molecular flexibility index (Phi) is 5.03. The van der Waals surface area contributed by atoms with Gasteiger partial charge in [0.1, 0.15) is 11.4 Å². The number of carbonyl (C=O) groups is 1. The van der Waals surface area contributed by atoms with Gasteiger partial charge in [0.15, 0.2) is 0 Å². The highest BCUT2D eigenvalue weighted by Gasteiger charge is 2.25. The highest BCUT2D eigenvalue weighted by Crippen LogP contribution is 2.28. The van der Waals surface area contributed by atoms with Crippen molar-refractivity contribution in [1.29, 1.82) is 0 Å². The predicted octanol–water partition coefficient (Wildman–Crippen LogP) is 4.26. The fraction of sp³-hybridized carbons (Fsp3) is 0.227. The topological polar surface area (TPSA) is 93.5 Å². The van der Waals surface area contributed by atoms with Gasteiger partial charge in [-0.15, -0.1) is 0 Å². The molecule has 0 radical (unpaired) electrons. The fourth-order valence-electron chi connectivity index (χ4n) is 3.18. The van der Waals surface area contributed by atoms with Crippen molar-refractivity contribution in [2.45, 2.75) is 25.4 Å². The third-order valence-corrected chi connectivity index (χ3v) is 4.96. The zero-order valence-electron chi connectivity index (χ0n) is 16.0. The number of nitrogens with one attached hydrogen (secondary N) is 2. The Balaban J connectivity index is 1.51. The van der Waals surface area contributed by atoms with Crippen molar-refractivity contribution in [2.75, 3.05) is 12.4 Å². The normalized spacial score (nSPS) is 13.1. The molecule has 0 saturated heterocycles. The van der Waals surface area contributed by atoms with Crippen LogP contribution in [0.2, 0.25) is 0 Å². The third kappa shape index (κ3) is 4.29. The summed E-state index contributed by atoms with van der Waals surface area (Å²) >= 11 is 0. The molecule has 7 nitrogen and oxygen atoms in total. The summed E-state index contributed by atoms with van der Waals surface area (Å²) in [5.74, 6) is 0.525. The second kappa shape index (κ2) is 7.79. The molecular weight excluding hydrogens is 370 g/mol. The van der Waals surface area contributed by atoms with Gasteiger partial charge in [0.25, 0.3) is 11.6 Å². The van der Waals surface area contributed by atoms with Gasteiger partial charge in [-0.2, -0.15) is 0 Å². The predicted molar refractivity (Wildman–Crippen MR) is 111 cm³/mol. The summed E-state index contributed by atoms with van der Waals surface area (Å²) in [4.78, 5) is 23.2.